The zero-order valence-electron chi connectivity index (χ0n) is 7.86. The van der Waals surface area contributed by atoms with E-state index >= 15 is 0 Å². The Labute approximate surface area is 92.8 Å². The first-order chi connectivity index (χ1) is 7.29. The molecule has 2 nitrogen and oxygen atoms in total. The lowest BCUT2D eigenvalue weighted by Crippen LogP contribution is -2.24. The van der Waals surface area contributed by atoms with Gasteiger partial charge in [-0.1, -0.05) is 11.6 Å². The molecule has 0 saturated heterocycles. The molecular formula is C9H5ClF4O2. The number of ketones is 1. The van der Waals surface area contributed by atoms with Gasteiger partial charge in [0, 0.05) is 0 Å². The predicted molar refractivity (Wildman–Crippen MR) is 48.3 cm³/mol. The largest absolute Gasteiger partial charge is 0.496 e. The maximum absolute atomic E-state index is 12.9. The van der Waals surface area contributed by atoms with Crippen LogP contribution in [-0.2, 0) is 0 Å². The predicted octanol–water partition coefficient (Wildman–Crippen LogP) is 3.23. The van der Waals surface area contributed by atoms with E-state index < -0.39 is 34.1 Å². The molecule has 0 aliphatic rings. The Morgan fingerprint density at radius 2 is 1.94 bits per heavy atom. The second-order valence-electron chi connectivity index (χ2n) is 2.77. The smallest absolute Gasteiger partial charge is 0.455 e. The van der Waals surface area contributed by atoms with Crippen LogP contribution in [0.4, 0.5) is 17.6 Å². The number of carbonyl (C=O) groups excluding carboxylic acids is 1. The van der Waals surface area contributed by atoms with Crippen LogP contribution in [-0.4, -0.2) is 19.1 Å². The summed E-state index contributed by atoms with van der Waals surface area (Å²) in [5.41, 5.74) is -1.02. The summed E-state index contributed by atoms with van der Waals surface area (Å²) in [5, 5.41) is -0.901. The highest BCUT2D eigenvalue weighted by molar-refractivity contribution is 6.34. The van der Waals surface area contributed by atoms with Gasteiger partial charge >= 0.3 is 6.18 Å². The number of alkyl halides is 3. The topological polar surface area (TPSA) is 26.3 Å². The van der Waals surface area contributed by atoms with Gasteiger partial charge in [0.15, 0.2) is 0 Å². The molecule has 0 aromatic heterocycles. The van der Waals surface area contributed by atoms with Gasteiger partial charge in [0.05, 0.1) is 17.7 Å². The van der Waals surface area contributed by atoms with Crippen molar-refractivity contribution in [1.82, 2.24) is 0 Å². The van der Waals surface area contributed by atoms with Crippen LogP contribution in [0.5, 0.6) is 5.75 Å². The molecule has 1 rings (SSSR count). The third-order valence-electron chi connectivity index (χ3n) is 1.76. The van der Waals surface area contributed by atoms with E-state index in [4.69, 9.17) is 11.6 Å². The fourth-order valence-electron chi connectivity index (χ4n) is 1.06. The second-order valence-corrected chi connectivity index (χ2v) is 3.14. The first kappa shape index (κ1) is 12.8. The fraction of sp³-hybridized carbons (Fsp3) is 0.222. The highest BCUT2D eigenvalue weighted by atomic mass is 35.5. The zero-order chi connectivity index (χ0) is 12.5. The number of Topliss-reactive ketones (excluding diaryl/α,β-unsaturated/α-hetero) is 1. The first-order valence-corrected chi connectivity index (χ1v) is 4.30. The number of rotatable bonds is 2. The molecule has 0 bridgehead atoms. The van der Waals surface area contributed by atoms with Crippen LogP contribution < -0.4 is 4.74 Å². The molecular weight excluding hydrogens is 252 g/mol. The lowest BCUT2D eigenvalue weighted by Gasteiger charge is -2.11. The molecule has 0 aliphatic heterocycles. The minimum absolute atomic E-state index is 0.422. The van der Waals surface area contributed by atoms with Crippen molar-refractivity contribution in [3.8, 4) is 5.75 Å². The highest BCUT2D eigenvalue weighted by Gasteiger charge is 2.42. The molecule has 16 heavy (non-hydrogen) atoms. The standard InChI is InChI=1S/C9H5ClF4O2/c1-16-5-3-2-4(11)7(10)6(5)8(15)9(12,13)14/h2-3H,1H3. The van der Waals surface area contributed by atoms with Gasteiger partial charge in [-0.3, -0.25) is 4.79 Å². The molecule has 0 fully saturated rings. The fourth-order valence-corrected chi connectivity index (χ4v) is 1.30. The van der Waals surface area contributed by atoms with Crippen LogP contribution in [0.25, 0.3) is 0 Å². The van der Waals surface area contributed by atoms with Gasteiger partial charge in [0.2, 0.25) is 0 Å². The molecule has 0 amide bonds. The van der Waals surface area contributed by atoms with Crippen molar-refractivity contribution in [2.75, 3.05) is 7.11 Å². The van der Waals surface area contributed by atoms with E-state index in [1.54, 1.807) is 0 Å². The average Bonchev–Trinajstić information content (AvgIpc) is 2.19. The summed E-state index contributed by atoms with van der Waals surface area (Å²) in [7, 11) is 1.05. The first-order valence-electron chi connectivity index (χ1n) is 3.92. The lowest BCUT2D eigenvalue weighted by atomic mass is 10.1. The number of methoxy groups -OCH3 is 1. The molecule has 0 spiro atoms. The summed E-state index contributed by atoms with van der Waals surface area (Å²) < 4.78 is 54.0. The van der Waals surface area contributed by atoms with Crippen molar-refractivity contribution in [1.29, 1.82) is 0 Å². The van der Waals surface area contributed by atoms with Gasteiger partial charge in [0.1, 0.15) is 11.6 Å². The summed E-state index contributed by atoms with van der Waals surface area (Å²) in [6.45, 7) is 0. The van der Waals surface area contributed by atoms with Crippen molar-refractivity contribution in [2.24, 2.45) is 0 Å². The Bertz CT molecular complexity index is 428. The molecule has 0 heterocycles. The number of benzene rings is 1. The van der Waals surface area contributed by atoms with Crippen molar-refractivity contribution < 1.29 is 27.1 Å². The van der Waals surface area contributed by atoms with Gasteiger partial charge in [-0.15, -0.1) is 0 Å². The van der Waals surface area contributed by atoms with Crippen LogP contribution in [0.3, 0.4) is 0 Å². The minimum Gasteiger partial charge on any atom is -0.496 e. The van der Waals surface area contributed by atoms with E-state index in [0.717, 1.165) is 19.2 Å². The van der Waals surface area contributed by atoms with Crippen molar-refractivity contribution in [3.05, 3.63) is 28.5 Å². The molecule has 88 valence electrons. The van der Waals surface area contributed by atoms with Crippen LogP contribution >= 0.6 is 11.6 Å². The van der Waals surface area contributed by atoms with E-state index in [1.807, 2.05) is 0 Å². The normalized spacial score (nSPS) is 11.4. The molecule has 1 aromatic rings. The van der Waals surface area contributed by atoms with Crippen molar-refractivity contribution in [3.63, 3.8) is 0 Å². The molecule has 0 unspecified atom stereocenters. The lowest BCUT2D eigenvalue weighted by molar-refractivity contribution is -0.0886. The quantitative estimate of drug-likeness (QED) is 0.600. The monoisotopic (exact) mass is 256 g/mol. The number of halogens is 5. The SMILES string of the molecule is COc1ccc(F)c(Cl)c1C(=O)C(F)(F)F. The summed E-state index contributed by atoms with van der Waals surface area (Å²) in [5.74, 6) is -3.78. The number of hydrogen-bond donors (Lipinski definition) is 0. The Morgan fingerprint density at radius 1 is 1.38 bits per heavy atom. The van der Waals surface area contributed by atoms with Crippen LogP contribution in [0, 0.1) is 5.82 Å². The summed E-state index contributed by atoms with van der Waals surface area (Å²) in [4.78, 5) is 11.0. The third kappa shape index (κ3) is 2.27. The van der Waals surface area contributed by atoms with Gasteiger partial charge < -0.3 is 4.74 Å². The molecule has 0 aliphatic carbocycles. The van der Waals surface area contributed by atoms with E-state index in [-0.39, 0.29) is 0 Å². The van der Waals surface area contributed by atoms with Crippen LogP contribution in [0.15, 0.2) is 12.1 Å². The van der Waals surface area contributed by atoms with E-state index in [1.165, 1.54) is 0 Å². The number of carbonyl (C=O) groups is 1. The summed E-state index contributed by atoms with van der Waals surface area (Å²) in [6.07, 6.45) is -5.13. The molecule has 0 atom stereocenters. The van der Waals surface area contributed by atoms with Gasteiger partial charge in [0.25, 0.3) is 5.78 Å². The van der Waals surface area contributed by atoms with Gasteiger partial charge in [-0.25, -0.2) is 4.39 Å². The van der Waals surface area contributed by atoms with Crippen molar-refractivity contribution >= 4 is 17.4 Å². The van der Waals surface area contributed by atoms with E-state index in [0.29, 0.717) is 0 Å². The summed E-state index contributed by atoms with van der Waals surface area (Å²) in [6, 6.07) is 1.72. The zero-order valence-corrected chi connectivity index (χ0v) is 8.62. The molecule has 7 heteroatoms. The van der Waals surface area contributed by atoms with E-state index in [2.05, 4.69) is 4.74 Å². The maximum Gasteiger partial charge on any atom is 0.455 e. The van der Waals surface area contributed by atoms with E-state index in [9.17, 15) is 22.4 Å². The minimum atomic E-state index is -5.13. The second kappa shape index (κ2) is 4.29. The number of ether oxygens (including phenoxy) is 1. The molecule has 1 aromatic carbocycles. The van der Waals surface area contributed by atoms with Crippen LogP contribution in [0.2, 0.25) is 5.02 Å². The Hall–Kier alpha value is -1.30. The summed E-state index contributed by atoms with van der Waals surface area (Å²) >= 11 is 5.30. The van der Waals surface area contributed by atoms with Crippen molar-refractivity contribution in [2.45, 2.75) is 6.18 Å². The Morgan fingerprint density at radius 3 is 2.38 bits per heavy atom. The third-order valence-corrected chi connectivity index (χ3v) is 2.13. The molecule has 0 saturated carbocycles. The highest BCUT2D eigenvalue weighted by Crippen LogP contribution is 2.34. The maximum atomic E-state index is 12.9. The Balaban J connectivity index is 3.42. The van der Waals surface area contributed by atoms with Gasteiger partial charge in [-0.2, -0.15) is 13.2 Å². The molecule has 0 radical (unpaired) electrons. The van der Waals surface area contributed by atoms with Gasteiger partial charge in [-0.05, 0) is 12.1 Å². The average molecular weight is 257 g/mol. The number of hydrogen-bond acceptors (Lipinski definition) is 2. The van der Waals surface area contributed by atoms with Crippen LogP contribution in [0.1, 0.15) is 10.4 Å². The molecule has 0 N–H and O–H groups in total. The Kier molecular flexibility index (Phi) is 3.42.